The predicted octanol–water partition coefficient (Wildman–Crippen LogP) is 4.83. The maximum Gasteiger partial charge on any atom is 0.259 e. The molecule has 36 heavy (non-hydrogen) atoms. The van der Waals surface area contributed by atoms with Gasteiger partial charge in [0.05, 0.1) is 35.6 Å². The molecule has 0 unspecified atom stereocenters. The van der Waals surface area contributed by atoms with E-state index in [1.54, 1.807) is 24.8 Å². The van der Waals surface area contributed by atoms with Crippen LogP contribution in [0, 0.1) is 6.92 Å². The first kappa shape index (κ1) is 23.1. The normalized spacial score (nSPS) is 11.0. The van der Waals surface area contributed by atoms with Crippen LogP contribution < -0.4 is 15.0 Å². The molecule has 0 spiro atoms. The first-order valence-corrected chi connectivity index (χ1v) is 11.4. The summed E-state index contributed by atoms with van der Waals surface area (Å²) in [4.78, 5) is 20.1. The highest BCUT2D eigenvalue weighted by Crippen LogP contribution is 2.29. The lowest BCUT2D eigenvalue weighted by Crippen LogP contribution is -2.16. The van der Waals surface area contributed by atoms with Gasteiger partial charge in [-0.3, -0.25) is 9.48 Å². The Balaban J connectivity index is 1.39. The average Bonchev–Trinajstić information content (AvgIpc) is 3.48. The first-order chi connectivity index (χ1) is 17.4. The number of rotatable bonds is 7. The number of nitrogens with zero attached hydrogens (tertiary/aromatic N) is 5. The summed E-state index contributed by atoms with van der Waals surface area (Å²) in [5, 5.41) is 11.8. The van der Waals surface area contributed by atoms with Crippen molar-refractivity contribution in [1.82, 2.24) is 19.9 Å². The lowest BCUT2D eigenvalue weighted by Gasteiger charge is -2.19. The Labute approximate surface area is 208 Å². The molecule has 5 aromatic rings. The van der Waals surface area contributed by atoms with Crippen LogP contribution in [0.1, 0.15) is 21.6 Å². The van der Waals surface area contributed by atoms with Crippen molar-refractivity contribution in [2.75, 3.05) is 24.4 Å². The number of hydrogen-bond acceptors (Lipinski definition) is 7. The number of methoxy groups -OCH3 is 1. The molecule has 9 nitrogen and oxygen atoms in total. The molecule has 3 aromatic heterocycles. The second-order valence-corrected chi connectivity index (χ2v) is 8.61. The zero-order valence-electron chi connectivity index (χ0n) is 20.5. The SMILES string of the molecule is COc1ccc(-c2cc(C(=O)Nc3ccc(N(C)Cc4cnn(C)c4)cc3)c3c(C)noc3n2)cc1. The maximum atomic E-state index is 13.4. The molecular weight excluding hydrogens is 456 g/mol. The van der Waals surface area contributed by atoms with Gasteiger partial charge in [0.25, 0.3) is 11.6 Å². The Morgan fingerprint density at radius 3 is 2.56 bits per heavy atom. The summed E-state index contributed by atoms with van der Waals surface area (Å²) in [6.07, 6.45) is 3.85. The summed E-state index contributed by atoms with van der Waals surface area (Å²) in [6.45, 7) is 2.53. The highest BCUT2D eigenvalue weighted by atomic mass is 16.5. The Morgan fingerprint density at radius 1 is 1.14 bits per heavy atom. The molecule has 1 N–H and O–H groups in total. The van der Waals surface area contributed by atoms with Crippen molar-refractivity contribution in [2.24, 2.45) is 7.05 Å². The second kappa shape index (κ2) is 9.53. The van der Waals surface area contributed by atoms with E-state index in [-0.39, 0.29) is 5.91 Å². The number of anilines is 2. The minimum Gasteiger partial charge on any atom is -0.497 e. The van der Waals surface area contributed by atoms with Crippen LogP contribution in [-0.4, -0.2) is 40.0 Å². The van der Waals surface area contributed by atoms with Crippen molar-refractivity contribution in [3.8, 4) is 17.0 Å². The number of pyridine rings is 1. The molecule has 0 aliphatic carbocycles. The van der Waals surface area contributed by atoms with Gasteiger partial charge in [-0.25, -0.2) is 4.98 Å². The van der Waals surface area contributed by atoms with E-state index in [9.17, 15) is 4.79 Å². The summed E-state index contributed by atoms with van der Waals surface area (Å²) in [5.41, 5.74) is 5.65. The number of carbonyl (C=O) groups is 1. The number of nitrogens with one attached hydrogen (secondary N) is 1. The van der Waals surface area contributed by atoms with Crippen LogP contribution in [0.5, 0.6) is 5.75 Å². The zero-order valence-corrected chi connectivity index (χ0v) is 20.5. The van der Waals surface area contributed by atoms with Crippen LogP contribution in [0.4, 0.5) is 11.4 Å². The Bertz CT molecular complexity index is 1520. The average molecular weight is 483 g/mol. The highest BCUT2D eigenvalue weighted by molar-refractivity contribution is 6.13. The molecule has 0 saturated heterocycles. The third kappa shape index (κ3) is 4.63. The fourth-order valence-corrected chi connectivity index (χ4v) is 4.10. The van der Waals surface area contributed by atoms with Crippen molar-refractivity contribution in [3.05, 3.63) is 83.8 Å². The molecule has 0 fully saturated rings. The van der Waals surface area contributed by atoms with E-state index in [0.29, 0.717) is 33.7 Å². The van der Waals surface area contributed by atoms with Crippen LogP contribution in [-0.2, 0) is 13.6 Å². The van der Waals surface area contributed by atoms with Crippen LogP contribution in [0.15, 0.2) is 71.5 Å². The Morgan fingerprint density at radius 2 is 1.89 bits per heavy atom. The van der Waals surface area contributed by atoms with Crippen LogP contribution >= 0.6 is 0 Å². The van der Waals surface area contributed by atoms with Gasteiger partial charge in [0.1, 0.15) is 5.75 Å². The van der Waals surface area contributed by atoms with Gasteiger partial charge < -0.3 is 19.5 Å². The smallest absolute Gasteiger partial charge is 0.259 e. The van der Waals surface area contributed by atoms with Gasteiger partial charge in [-0.05, 0) is 61.5 Å². The summed E-state index contributed by atoms with van der Waals surface area (Å²) in [6, 6.07) is 16.9. The second-order valence-electron chi connectivity index (χ2n) is 8.61. The Hall–Kier alpha value is -4.66. The van der Waals surface area contributed by atoms with Crippen LogP contribution in [0.2, 0.25) is 0 Å². The number of fused-ring (bicyclic) bond motifs is 1. The molecule has 0 aliphatic rings. The molecule has 0 bridgehead atoms. The molecule has 3 heterocycles. The third-order valence-corrected chi connectivity index (χ3v) is 5.99. The molecule has 0 aliphatic heterocycles. The fourth-order valence-electron chi connectivity index (χ4n) is 4.10. The van der Waals surface area contributed by atoms with Gasteiger partial charge in [0, 0.05) is 49.3 Å². The van der Waals surface area contributed by atoms with Crippen molar-refractivity contribution in [1.29, 1.82) is 0 Å². The van der Waals surface area contributed by atoms with E-state index in [2.05, 4.69) is 25.5 Å². The number of hydrogen-bond donors (Lipinski definition) is 1. The number of aromatic nitrogens is 4. The summed E-state index contributed by atoms with van der Waals surface area (Å²) < 4.78 is 12.4. The lowest BCUT2D eigenvalue weighted by atomic mass is 10.0. The quantitative estimate of drug-likeness (QED) is 0.355. The summed E-state index contributed by atoms with van der Waals surface area (Å²) in [7, 11) is 5.53. The molecule has 182 valence electrons. The number of benzene rings is 2. The highest BCUT2D eigenvalue weighted by Gasteiger charge is 2.20. The molecular formula is C27H26N6O3. The van der Waals surface area contributed by atoms with Gasteiger partial charge in [0.15, 0.2) is 0 Å². The topological polar surface area (TPSA) is 98.3 Å². The largest absolute Gasteiger partial charge is 0.497 e. The van der Waals surface area contributed by atoms with Gasteiger partial charge in [-0.15, -0.1) is 0 Å². The van der Waals surface area contributed by atoms with E-state index >= 15 is 0 Å². The molecule has 2 aromatic carbocycles. The minimum absolute atomic E-state index is 0.264. The van der Waals surface area contributed by atoms with Crippen molar-refractivity contribution in [2.45, 2.75) is 13.5 Å². The fraction of sp³-hybridized carbons (Fsp3) is 0.185. The van der Waals surface area contributed by atoms with E-state index < -0.39 is 0 Å². The van der Waals surface area contributed by atoms with Gasteiger partial charge in [-0.1, -0.05) is 5.16 Å². The molecule has 0 saturated carbocycles. The molecule has 1 amide bonds. The van der Waals surface area contributed by atoms with E-state index in [4.69, 9.17) is 9.26 Å². The molecule has 0 radical (unpaired) electrons. The first-order valence-electron chi connectivity index (χ1n) is 11.4. The van der Waals surface area contributed by atoms with E-state index in [1.165, 1.54) is 0 Å². The van der Waals surface area contributed by atoms with Gasteiger partial charge in [-0.2, -0.15) is 5.10 Å². The third-order valence-electron chi connectivity index (χ3n) is 5.99. The van der Waals surface area contributed by atoms with Gasteiger partial charge >= 0.3 is 0 Å². The zero-order chi connectivity index (χ0) is 25.2. The van der Waals surface area contributed by atoms with Gasteiger partial charge in [0.2, 0.25) is 0 Å². The van der Waals surface area contributed by atoms with E-state index in [0.717, 1.165) is 29.1 Å². The number of amides is 1. The van der Waals surface area contributed by atoms with Crippen molar-refractivity contribution in [3.63, 3.8) is 0 Å². The summed E-state index contributed by atoms with van der Waals surface area (Å²) in [5.74, 6) is 0.475. The Kier molecular flexibility index (Phi) is 6.12. The van der Waals surface area contributed by atoms with Crippen LogP contribution in [0.25, 0.3) is 22.4 Å². The summed E-state index contributed by atoms with van der Waals surface area (Å²) >= 11 is 0. The standard InChI is InChI=1S/C27H26N6O3/c1-17-25-23(13-24(30-27(25)36-31-17)19-5-11-22(35-4)12-6-19)26(34)29-20-7-9-21(10-8-20)32(2)15-18-14-28-33(3)16-18/h5-14,16H,15H2,1-4H3,(H,29,34). The number of aryl methyl sites for hydroxylation is 2. The number of carbonyl (C=O) groups excluding carboxylic acids is 1. The molecule has 5 rings (SSSR count). The lowest BCUT2D eigenvalue weighted by molar-refractivity contribution is 0.102. The van der Waals surface area contributed by atoms with E-state index in [1.807, 2.05) is 75.0 Å². The monoisotopic (exact) mass is 482 g/mol. The maximum absolute atomic E-state index is 13.4. The minimum atomic E-state index is -0.264. The van der Waals surface area contributed by atoms with Crippen molar-refractivity contribution >= 4 is 28.4 Å². The molecule has 0 atom stereocenters. The number of ether oxygens (including phenoxy) is 1. The predicted molar refractivity (Wildman–Crippen MR) is 138 cm³/mol. The van der Waals surface area contributed by atoms with Crippen LogP contribution in [0.3, 0.4) is 0 Å². The van der Waals surface area contributed by atoms with Crippen molar-refractivity contribution < 1.29 is 14.1 Å². The molecule has 9 heteroatoms.